The van der Waals surface area contributed by atoms with Gasteiger partial charge in [0.05, 0.1) is 6.61 Å². The van der Waals surface area contributed by atoms with Gasteiger partial charge in [-0.1, -0.05) is 0 Å². The summed E-state index contributed by atoms with van der Waals surface area (Å²) < 4.78 is 61.7. The molecule has 1 N–H and O–H groups in total. The molecule has 0 fully saturated rings. The van der Waals surface area contributed by atoms with Crippen molar-refractivity contribution >= 4 is 10.0 Å². The molecule has 0 unspecified atom stereocenters. The molecular formula is C9H13F3N2O3S. The summed E-state index contributed by atoms with van der Waals surface area (Å²) in [6.45, 7) is -1.95. The summed E-state index contributed by atoms with van der Waals surface area (Å²) in [7, 11) is -1.85. The van der Waals surface area contributed by atoms with E-state index in [1.807, 2.05) is 0 Å². The topological polar surface area (TPSA) is 62.5 Å². The van der Waals surface area contributed by atoms with E-state index < -0.39 is 29.4 Å². The van der Waals surface area contributed by atoms with E-state index in [2.05, 4.69) is 0 Å². The van der Waals surface area contributed by atoms with Crippen LogP contribution in [0, 0.1) is 0 Å². The molecule has 104 valence electrons. The van der Waals surface area contributed by atoms with Crippen molar-refractivity contribution in [3.8, 4) is 0 Å². The third-order valence-corrected chi connectivity index (χ3v) is 4.12. The molecule has 1 rings (SSSR count). The molecule has 0 aliphatic heterocycles. The zero-order valence-corrected chi connectivity index (χ0v) is 10.6. The van der Waals surface area contributed by atoms with Crippen LogP contribution in [-0.4, -0.2) is 42.2 Å². The second-order valence-corrected chi connectivity index (χ2v) is 5.86. The summed E-state index contributed by atoms with van der Waals surface area (Å²) >= 11 is 0. The Morgan fingerprint density at radius 2 is 2.00 bits per heavy atom. The molecule has 1 heterocycles. The van der Waals surface area contributed by atoms with Gasteiger partial charge in [-0.25, -0.2) is 8.42 Å². The van der Waals surface area contributed by atoms with Gasteiger partial charge in [0.15, 0.2) is 0 Å². The monoisotopic (exact) mass is 286 g/mol. The maximum absolute atomic E-state index is 12.2. The van der Waals surface area contributed by atoms with Crippen LogP contribution in [0.4, 0.5) is 13.2 Å². The van der Waals surface area contributed by atoms with Gasteiger partial charge >= 0.3 is 6.18 Å². The number of alkyl halides is 3. The van der Waals surface area contributed by atoms with Crippen LogP contribution < -0.4 is 0 Å². The predicted octanol–water partition coefficient (Wildman–Crippen LogP) is 0.700. The molecule has 0 amide bonds. The van der Waals surface area contributed by atoms with Crippen LogP contribution in [0.1, 0.15) is 5.69 Å². The Morgan fingerprint density at radius 1 is 1.44 bits per heavy atom. The lowest BCUT2D eigenvalue weighted by Crippen LogP contribution is -2.35. The summed E-state index contributed by atoms with van der Waals surface area (Å²) in [5.41, 5.74) is 0.300. The van der Waals surface area contributed by atoms with Crippen molar-refractivity contribution < 1.29 is 26.7 Å². The first-order valence-electron chi connectivity index (χ1n) is 4.87. The Hall–Kier alpha value is -1.06. The number of hydrogen-bond donors (Lipinski definition) is 1. The van der Waals surface area contributed by atoms with Gasteiger partial charge in [0.25, 0.3) is 0 Å². The lowest BCUT2D eigenvalue weighted by molar-refractivity contribution is -0.134. The maximum atomic E-state index is 12.2. The van der Waals surface area contributed by atoms with E-state index in [1.54, 1.807) is 0 Å². The highest BCUT2D eigenvalue weighted by molar-refractivity contribution is 7.89. The van der Waals surface area contributed by atoms with Gasteiger partial charge in [-0.3, -0.25) is 0 Å². The minimum Gasteiger partial charge on any atom is -0.390 e. The smallest absolute Gasteiger partial charge is 0.390 e. The number of hydrogen-bond acceptors (Lipinski definition) is 3. The van der Waals surface area contributed by atoms with Gasteiger partial charge in [0.2, 0.25) is 10.0 Å². The molecule has 9 heteroatoms. The highest BCUT2D eigenvalue weighted by atomic mass is 32.2. The lowest BCUT2D eigenvalue weighted by atomic mass is 10.5. The molecule has 0 aliphatic rings. The molecular weight excluding hydrogens is 273 g/mol. The van der Waals surface area contributed by atoms with Gasteiger partial charge in [0, 0.05) is 26.0 Å². The van der Waals surface area contributed by atoms with Gasteiger partial charge < -0.3 is 9.67 Å². The number of rotatable bonds is 4. The van der Waals surface area contributed by atoms with Crippen LogP contribution in [0.2, 0.25) is 0 Å². The Morgan fingerprint density at radius 3 is 2.39 bits per heavy atom. The van der Waals surface area contributed by atoms with Crippen LogP contribution in [0.15, 0.2) is 17.2 Å². The molecule has 0 spiro atoms. The third kappa shape index (κ3) is 3.24. The normalized spacial score (nSPS) is 13.3. The summed E-state index contributed by atoms with van der Waals surface area (Å²) in [5, 5.41) is 8.91. The number of halogens is 3. The van der Waals surface area contributed by atoms with Crippen molar-refractivity contribution in [3.63, 3.8) is 0 Å². The van der Waals surface area contributed by atoms with E-state index in [4.69, 9.17) is 5.11 Å². The number of aliphatic hydroxyl groups excluding tert-OH is 1. The van der Waals surface area contributed by atoms with Crippen molar-refractivity contribution in [3.05, 3.63) is 18.0 Å². The first-order valence-corrected chi connectivity index (χ1v) is 6.31. The standard InChI is InChI=1S/C9H13F3N2O3S/c1-13-4-8(3-7(13)5-15)18(16,17)14(2)6-9(10,11)12/h3-4,15H,5-6H2,1-2H3. The molecule has 0 aliphatic carbocycles. The molecule has 0 atom stereocenters. The molecule has 1 aromatic heterocycles. The molecule has 18 heavy (non-hydrogen) atoms. The largest absolute Gasteiger partial charge is 0.402 e. The van der Waals surface area contributed by atoms with Crippen molar-refractivity contribution in [2.45, 2.75) is 17.7 Å². The first-order chi connectivity index (χ1) is 8.08. The van der Waals surface area contributed by atoms with E-state index >= 15 is 0 Å². The van der Waals surface area contributed by atoms with Crippen LogP contribution in [-0.2, 0) is 23.7 Å². The van der Waals surface area contributed by atoms with Crippen molar-refractivity contribution in [2.75, 3.05) is 13.6 Å². The minimum atomic E-state index is -4.60. The number of sulfonamides is 1. The van der Waals surface area contributed by atoms with Crippen LogP contribution >= 0.6 is 0 Å². The Kier molecular flexibility index (Phi) is 4.08. The van der Waals surface area contributed by atoms with Gasteiger partial charge in [-0.15, -0.1) is 0 Å². The number of aromatic nitrogens is 1. The Labute approximate surface area is 102 Å². The minimum absolute atomic E-state index is 0.226. The molecule has 1 aromatic rings. The third-order valence-electron chi connectivity index (χ3n) is 2.35. The summed E-state index contributed by atoms with van der Waals surface area (Å²) in [4.78, 5) is -0.277. The SMILES string of the molecule is CN(CC(F)(F)F)S(=O)(=O)c1cc(CO)n(C)c1. The van der Waals surface area contributed by atoms with Crippen LogP contribution in [0.25, 0.3) is 0 Å². The molecule has 5 nitrogen and oxygen atoms in total. The van der Waals surface area contributed by atoms with Gasteiger partial charge in [0.1, 0.15) is 11.4 Å². The van der Waals surface area contributed by atoms with E-state index in [-0.39, 0.29) is 9.20 Å². The van der Waals surface area contributed by atoms with E-state index in [1.165, 1.54) is 11.6 Å². The molecule has 0 bridgehead atoms. The van der Waals surface area contributed by atoms with Crippen LogP contribution in [0.3, 0.4) is 0 Å². The number of aryl methyl sites for hydroxylation is 1. The first kappa shape index (κ1) is 15.0. The van der Waals surface area contributed by atoms with E-state index in [9.17, 15) is 21.6 Å². The second-order valence-electron chi connectivity index (χ2n) is 3.81. The lowest BCUT2D eigenvalue weighted by Gasteiger charge is -2.17. The van der Waals surface area contributed by atoms with Crippen molar-refractivity contribution in [2.24, 2.45) is 7.05 Å². The fraction of sp³-hybridized carbons (Fsp3) is 0.556. The average molecular weight is 286 g/mol. The van der Waals surface area contributed by atoms with E-state index in [0.29, 0.717) is 5.69 Å². The summed E-state index contributed by atoms with van der Waals surface area (Å²) in [6, 6.07) is 1.14. The molecule has 0 radical (unpaired) electrons. The fourth-order valence-electron chi connectivity index (χ4n) is 1.39. The molecule has 0 aromatic carbocycles. The highest BCUT2D eigenvalue weighted by Crippen LogP contribution is 2.22. The molecule has 0 saturated heterocycles. The Bertz CT molecular complexity index is 522. The van der Waals surface area contributed by atoms with Crippen molar-refractivity contribution in [1.29, 1.82) is 0 Å². The maximum Gasteiger partial charge on any atom is 0.402 e. The predicted molar refractivity (Wildman–Crippen MR) is 57.2 cm³/mol. The van der Waals surface area contributed by atoms with Crippen LogP contribution in [0.5, 0.6) is 0 Å². The zero-order chi connectivity index (χ0) is 14.1. The summed E-state index contributed by atoms with van der Waals surface area (Å²) in [5.74, 6) is 0. The second kappa shape index (κ2) is 4.90. The average Bonchev–Trinajstić information content (AvgIpc) is 2.57. The Balaban J connectivity index is 3.05. The fourth-order valence-corrected chi connectivity index (χ4v) is 2.65. The zero-order valence-electron chi connectivity index (χ0n) is 9.77. The highest BCUT2D eigenvalue weighted by Gasteiger charge is 2.35. The van der Waals surface area contributed by atoms with E-state index in [0.717, 1.165) is 19.3 Å². The summed E-state index contributed by atoms with van der Waals surface area (Å²) in [6.07, 6.45) is -3.44. The molecule has 0 saturated carbocycles. The van der Waals surface area contributed by atoms with Crippen molar-refractivity contribution in [1.82, 2.24) is 8.87 Å². The van der Waals surface area contributed by atoms with Gasteiger partial charge in [-0.05, 0) is 6.07 Å². The van der Waals surface area contributed by atoms with Gasteiger partial charge in [-0.2, -0.15) is 17.5 Å². The quantitative estimate of drug-likeness (QED) is 0.886. The number of nitrogens with zero attached hydrogens (tertiary/aromatic N) is 2. The number of aliphatic hydroxyl groups is 1.